The second kappa shape index (κ2) is 4.54. The second-order valence-electron chi connectivity index (χ2n) is 5.18. The van der Waals surface area contributed by atoms with Gasteiger partial charge in [-0.25, -0.2) is 0 Å². The van der Waals surface area contributed by atoms with Crippen LogP contribution in [0.25, 0.3) is 0 Å². The standard InChI is InChI=1S/C13H20ClN/c1-9(2)11-6-5-10(7-12(11)14)8-13(3,4)15/h5-7,9H,8,15H2,1-4H3. The van der Waals surface area contributed by atoms with E-state index in [1.165, 1.54) is 11.1 Å². The Labute approximate surface area is 97.6 Å². The summed E-state index contributed by atoms with van der Waals surface area (Å²) in [4.78, 5) is 0. The first kappa shape index (κ1) is 12.5. The molecule has 1 nitrogen and oxygen atoms in total. The summed E-state index contributed by atoms with van der Waals surface area (Å²) in [6, 6.07) is 6.26. The van der Waals surface area contributed by atoms with E-state index < -0.39 is 0 Å². The zero-order chi connectivity index (χ0) is 11.6. The van der Waals surface area contributed by atoms with Gasteiger partial charge in [-0.1, -0.05) is 37.6 Å². The van der Waals surface area contributed by atoms with Crippen LogP contribution in [0.15, 0.2) is 18.2 Å². The van der Waals surface area contributed by atoms with Crippen molar-refractivity contribution in [2.24, 2.45) is 5.73 Å². The minimum Gasteiger partial charge on any atom is -0.325 e. The molecule has 0 aromatic heterocycles. The highest BCUT2D eigenvalue weighted by atomic mass is 35.5. The van der Waals surface area contributed by atoms with Gasteiger partial charge in [0.25, 0.3) is 0 Å². The van der Waals surface area contributed by atoms with Crippen LogP contribution < -0.4 is 5.73 Å². The minimum absolute atomic E-state index is 0.178. The van der Waals surface area contributed by atoms with Crippen LogP contribution >= 0.6 is 11.6 Å². The van der Waals surface area contributed by atoms with Gasteiger partial charge in [0.15, 0.2) is 0 Å². The minimum atomic E-state index is -0.178. The lowest BCUT2D eigenvalue weighted by Gasteiger charge is -2.19. The van der Waals surface area contributed by atoms with Gasteiger partial charge in [0, 0.05) is 10.6 Å². The van der Waals surface area contributed by atoms with Gasteiger partial charge in [0.2, 0.25) is 0 Å². The summed E-state index contributed by atoms with van der Waals surface area (Å²) in [6.45, 7) is 8.34. The Balaban J connectivity index is 2.92. The van der Waals surface area contributed by atoms with Crippen molar-refractivity contribution in [1.29, 1.82) is 0 Å². The van der Waals surface area contributed by atoms with Crippen LogP contribution in [0.4, 0.5) is 0 Å². The monoisotopic (exact) mass is 225 g/mol. The molecule has 0 radical (unpaired) electrons. The smallest absolute Gasteiger partial charge is 0.0443 e. The molecule has 15 heavy (non-hydrogen) atoms. The highest BCUT2D eigenvalue weighted by molar-refractivity contribution is 6.31. The summed E-state index contributed by atoms with van der Waals surface area (Å²) in [7, 11) is 0. The van der Waals surface area contributed by atoms with Crippen LogP contribution in [-0.2, 0) is 6.42 Å². The van der Waals surface area contributed by atoms with Gasteiger partial charge >= 0.3 is 0 Å². The van der Waals surface area contributed by atoms with E-state index in [0.29, 0.717) is 5.92 Å². The summed E-state index contributed by atoms with van der Waals surface area (Å²) in [5.41, 5.74) is 8.20. The molecule has 0 saturated carbocycles. The van der Waals surface area contributed by atoms with Crippen molar-refractivity contribution in [2.45, 2.75) is 45.6 Å². The molecule has 0 heterocycles. The van der Waals surface area contributed by atoms with Crippen LogP contribution in [0.1, 0.15) is 44.7 Å². The average Bonchev–Trinajstić information content (AvgIpc) is 1.99. The van der Waals surface area contributed by atoms with Crippen molar-refractivity contribution in [3.63, 3.8) is 0 Å². The van der Waals surface area contributed by atoms with Crippen molar-refractivity contribution in [3.05, 3.63) is 34.3 Å². The first-order valence-corrected chi connectivity index (χ1v) is 5.74. The van der Waals surface area contributed by atoms with Gasteiger partial charge in [-0.3, -0.25) is 0 Å². The van der Waals surface area contributed by atoms with Crippen LogP contribution in [0, 0.1) is 0 Å². The molecular weight excluding hydrogens is 206 g/mol. The van der Waals surface area contributed by atoms with Crippen molar-refractivity contribution in [3.8, 4) is 0 Å². The zero-order valence-electron chi connectivity index (χ0n) is 9.97. The van der Waals surface area contributed by atoms with Crippen molar-refractivity contribution >= 4 is 11.6 Å². The van der Waals surface area contributed by atoms with E-state index in [4.69, 9.17) is 17.3 Å². The lowest BCUT2D eigenvalue weighted by atomic mass is 9.94. The molecule has 0 unspecified atom stereocenters. The summed E-state index contributed by atoms with van der Waals surface area (Å²) < 4.78 is 0. The lowest BCUT2D eigenvalue weighted by molar-refractivity contribution is 0.516. The third kappa shape index (κ3) is 3.84. The van der Waals surface area contributed by atoms with Gasteiger partial charge in [-0.05, 0) is 43.4 Å². The number of hydrogen-bond acceptors (Lipinski definition) is 1. The van der Waals surface area contributed by atoms with Crippen molar-refractivity contribution in [2.75, 3.05) is 0 Å². The fourth-order valence-corrected chi connectivity index (χ4v) is 2.10. The predicted molar refractivity (Wildman–Crippen MR) is 67.5 cm³/mol. The molecule has 84 valence electrons. The molecule has 1 aromatic rings. The van der Waals surface area contributed by atoms with E-state index in [-0.39, 0.29) is 5.54 Å². The highest BCUT2D eigenvalue weighted by Gasteiger charge is 2.13. The molecule has 0 aliphatic carbocycles. The quantitative estimate of drug-likeness (QED) is 0.833. The second-order valence-corrected chi connectivity index (χ2v) is 5.58. The predicted octanol–water partition coefficient (Wildman–Crippen LogP) is 3.74. The van der Waals surface area contributed by atoms with Crippen molar-refractivity contribution in [1.82, 2.24) is 0 Å². The van der Waals surface area contributed by atoms with E-state index in [1.54, 1.807) is 0 Å². The van der Waals surface area contributed by atoms with E-state index in [2.05, 4.69) is 26.0 Å². The maximum absolute atomic E-state index is 6.21. The fourth-order valence-electron chi connectivity index (χ4n) is 1.67. The molecule has 2 heteroatoms. The summed E-state index contributed by atoms with van der Waals surface area (Å²) in [5, 5.41) is 0.853. The lowest BCUT2D eigenvalue weighted by Crippen LogP contribution is -2.34. The molecule has 0 aliphatic rings. The number of benzene rings is 1. The summed E-state index contributed by atoms with van der Waals surface area (Å²) in [5.74, 6) is 0.470. The molecule has 0 bridgehead atoms. The Bertz CT molecular complexity index is 337. The van der Waals surface area contributed by atoms with Crippen LogP contribution in [0.5, 0.6) is 0 Å². The largest absolute Gasteiger partial charge is 0.325 e. The molecule has 2 N–H and O–H groups in total. The Morgan fingerprint density at radius 1 is 1.33 bits per heavy atom. The fraction of sp³-hybridized carbons (Fsp3) is 0.538. The maximum atomic E-state index is 6.21. The molecule has 0 spiro atoms. The molecule has 0 aliphatic heterocycles. The third-order valence-electron chi connectivity index (χ3n) is 2.35. The SMILES string of the molecule is CC(C)c1ccc(CC(C)(C)N)cc1Cl. The van der Waals surface area contributed by atoms with Gasteiger partial charge < -0.3 is 5.73 Å². The molecule has 0 fully saturated rings. The normalized spacial score (nSPS) is 12.2. The average molecular weight is 226 g/mol. The summed E-state index contributed by atoms with van der Waals surface area (Å²) >= 11 is 6.21. The Hall–Kier alpha value is -0.530. The molecule has 0 saturated heterocycles. The van der Waals surface area contributed by atoms with Crippen LogP contribution in [0.2, 0.25) is 5.02 Å². The van der Waals surface area contributed by atoms with Gasteiger partial charge in [0.1, 0.15) is 0 Å². The van der Waals surface area contributed by atoms with Gasteiger partial charge in [-0.2, -0.15) is 0 Å². The Morgan fingerprint density at radius 3 is 2.33 bits per heavy atom. The number of hydrogen-bond donors (Lipinski definition) is 1. The van der Waals surface area contributed by atoms with E-state index in [9.17, 15) is 0 Å². The molecule has 0 amide bonds. The first-order chi connectivity index (χ1) is 6.79. The van der Waals surface area contributed by atoms with Gasteiger partial charge in [-0.15, -0.1) is 0 Å². The van der Waals surface area contributed by atoms with E-state index >= 15 is 0 Å². The third-order valence-corrected chi connectivity index (χ3v) is 2.67. The summed E-state index contributed by atoms with van der Waals surface area (Å²) in [6.07, 6.45) is 0.852. The topological polar surface area (TPSA) is 26.0 Å². The van der Waals surface area contributed by atoms with Gasteiger partial charge in [0.05, 0.1) is 0 Å². The number of nitrogens with two attached hydrogens (primary N) is 1. The van der Waals surface area contributed by atoms with Crippen molar-refractivity contribution < 1.29 is 0 Å². The van der Waals surface area contributed by atoms with E-state index in [1.807, 2.05) is 19.9 Å². The van der Waals surface area contributed by atoms with Crippen LogP contribution in [0.3, 0.4) is 0 Å². The van der Waals surface area contributed by atoms with Crippen LogP contribution in [-0.4, -0.2) is 5.54 Å². The first-order valence-electron chi connectivity index (χ1n) is 5.37. The molecule has 0 atom stereocenters. The highest BCUT2D eigenvalue weighted by Crippen LogP contribution is 2.26. The number of halogens is 1. The Morgan fingerprint density at radius 2 is 1.93 bits per heavy atom. The van der Waals surface area contributed by atoms with E-state index in [0.717, 1.165) is 11.4 Å². The Kier molecular flexibility index (Phi) is 3.80. The number of rotatable bonds is 3. The zero-order valence-corrected chi connectivity index (χ0v) is 10.7. The maximum Gasteiger partial charge on any atom is 0.0443 e. The molecule has 1 aromatic carbocycles. The molecular formula is C13H20ClN. The molecule has 1 rings (SSSR count).